The van der Waals surface area contributed by atoms with Crippen LogP contribution >= 0.6 is 0 Å². The Labute approximate surface area is 181 Å². The highest BCUT2D eigenvalue weighted by atomic mass is 32.2. The normalized spacial score (nSPS) is 11.0. The third-order valence-electron chi connectivity index (χ3n) is 4.16. The zero-order valence-electron chi connectivity index (χ0n) is 16.6. The van der Waals surface area contributed by atoms with E-state index in [2.05, 4.69) is 10.0 Å². The van der Waals surface area contributed by atoms with Gasteiger partial charge in [0, 0.05) is 5.69 Å². The molecule has 7 nitrogen and oxygen atoms in total. The average molecular weight is 466 g/mol. The van der Waals surface area contributed by atoms with E-state index < -0.39 is 45.7 Å². The van der Waals surface area contributed by atoms with Crippen LogP contribution in [0.1, 0.15) is 0 Å². The predicted molar refractivity (Wildman–Crippen MR) is 111 cm³/mol. The molecule has 0 fully saturated rings. The third kappa shape index (κ3) is 5.49. The van der Waals surface area contributed by atoms with Crippen LogP contribution in [-0.4, -0.2) is 28.0 Å². The monoisotopic (exact) mass is 466 g/mol. The maximum absolute atomic E-state index is 13.6. The van der Waals surface area contributed by atoms with Crippen molar-refractivity contribution in [2.45, 2.75) is 4.90 Å². The molecule has 0 aliphatic rings. The van der Waals surface area contributed by atoms with Crippen molar-refractivity contribution in [2.24, 2.45) is 0 Å². The highest BCUT2D eigenvalue weighted by Gasteiger charge is 2.16. The van der Waals surface area contributed by atoms with Crippen LogP contribution in [0.3, 0.4) is 0 Å². The SMILES string of the molecule is COc1ccc(NS(=O)(=O)c2ccc(OCC(=O)Nc3ccc(F)c(F)c3F)cc2)cc1. The Bertz CT molecular complexity index is 1220. The smallest absolute Gasteiger partial charge is 0.262 e. The van der Waals surface area contributed by atoms with Crippen LogP contribution in [0, 0.1) is 17.5 Å². The standard InChI is InChI=1S/C21H17F3N2O5S/c1-30-14-4-2-13(3-5-14)26-32(28,29)16-8-6-15(7-9-16)31-12-19(27)25-18-11-10-17(22)20(23)21(18)24/h2-11,26H,12H2,1H3,(H,25,27). The molecule has 0 spiro atoms. The fourth-order valence-corrected chi connectivity index (χ4v) is 3.60. The van der Waals surface area contributed by atoms with Crippen molar-refractivity contribution in [2.75, 3.05) is 23.8 Å². The van der Waals surface area contributed by atoms with Gasteiger partial charge in [0.05, 0.1) is 17.7 Å². The van der Waals surface area contributed by atoms with E-state index in [0.29, 0.717) is 17.5 Å². The summed E-state index contributed by atoms with van der Waals surface area (Å²) in [5.74, 6) is -4.71. The zero-order valence-corrected chi connectivity index (χ0v) is 17.4. The first-order valence-electron chi connectivity index (χ1n) is 9.02. The molecular formula is C21H17F3N2O5S. The number of hydrogen-bond acceptors (Lipinski definition) is 5. The molecule has 0 aromatic heterocycles. The molecule has 11 heteroatoms. The summed E-state index contributed by atoms with van der Waals surface area (Å²) in [6, 6.07) is 13.0. The molecule has 1 amide bonds. The molecule has 168 valence electrons. The molecule has 0 aliphatic carbocycles. The first kappa shape index (κ1) is 22.9. The first-order chi connectivity index (χ1) is 15.2. The number of rotatable bonds is 8. The minimum absolute atomic E-state index is 0.0472. The van der Waals surface area contributed by atoms with Gasteiger partial charge in [-0.05, 0) is 60.7 Å². The molecule has 2 N–H and O–H groups in total. The molecule has 0 bridgehead atoms. The Kier molecular flexibility index (Phi) is 6.89. The van der Waals surface area contributed by atoms with E-state index in [1.54, 1.807) is 24.3 Å². The van der Waals surface area contributed by atoms with Crippen molar-refractivity contribution in [3.05, 3.63) is 78.1 Å². The Morgan fingerprint density at radius 2 is 1.50 bits per heavy atom. The summed E-state index contributed by atoms with van der Waals surface area (Å²) in [5, 5.41) is 2.06. The quantitative estimate of drug-likeness (QED) is 0.491. The molecule has 0 unspecified atom stereocenters. The molecule has 3 rings (SSSR count). The predicted octanol–water partition coefficient (Wildman–Crippen LogP) is 3.93. The minimum atomic E-state index is -3.87. The Balaban J connectivity index is 1.59. The summed E-state index contributed by atoms with van der Waals surface area (Å²) >= 11 is 0. The third-order valence-corrected chi connectivity index (χ3v) is 5.55. The summed E-state index contributed by atoms with van der Waals surface area (Å²) in [5.41, 5.74) is -0.198. The van der Waals surface area contributed by atoms with E-state index in [9.17, 15) is 26.4 Å². The zero-order chi connectivity index (χ0) is 23.3. The van der Waals surface area contributed by atoms with E-state index >= 15 is 0 Å². The Morgan fingerprint density at radius 3 is 2.12 bits per heavy atom. The van der Waals surface area contributed by atoms with Crippen LogP contribution in [0.25, 0.3) is 0 Å². The molecule has 0 aliphatic heterocycles. The molecule has 0 saturated carbocycles. The molecule has 0 atom stereocenters. The fraction of sp³-hybridized carbons (Fsp3) is 0.0952. The number of sulfonamides is 1. The van der Waals surface area contributed by atoms with Crippen LogP contribution in [0.15, 0.2) is 65.6 Å². The van der Waals surface area contributed by atoms with Gasteiger partial charge in [0.15, 0.2) is 24.1 Å². The number of amides is 1. The van der Waals surface area contributed by atoms with Gasteiger partial charge in [0.1, 0.15) is 11.5 Å². The van der Waals surface area contributed by atoms with Crippen molar-refractivity contribution in [3.63, 3.8) is 0 Å². The summed E-state index contributed by atoms with van der Waals surface area (Å²) in [6.45, 7) is -0.575. The fourth-order valence-electron chi connectivity index (χ4n) is 2.55. The summed E-state index contributed by atoms with van der Waals surface area (Å²) in [7, 11) is -2.37. The van der Waals surface area contributed by atoms with E-state index in [1.165, 1.54) is 31.4 Å². The maximum atomic E-state index is 13.6. The lowest BCUT2D eigenvalue weighted by molar-refractivity contribution is -0.118. The largest absolute Gasteiger partial charge is 0.497 e. The van der Waals surface area contributed by atoms with Crippen LogP contribution < -0.4 is 19.5 Å². The number of benzene rings is 3. The molecular weight excluding hydrogens is 449 g/mol. The number of carbonyl (C=O) groups is 1. The second-order valence-corrected chi connectivity index (χ2v) is 8.05. The molecule has 0 radical (unpaired) electrons. The van der Waals surface area contributed by atoms with Gasteiger partial charge in [-0.25, -0.2) is 21.6 Å². The van der Waals surface area contributed by atoms with Crippen LogP contribution in [0.4, 0.5) is 24.5 Å². The molecule has 0 saturated heterocycles. The Hall–Kier alpha value is -3.73. The van der Waals surface area contributed by atoms with Crippen molar-refractivity contribution in [3.8, 4) is 11.5 Å². The number of nitrogens with one attached hydrogen (secondary N) is 2. The van der Waals surface area contributed by atoms with Gasteiger partial charge in [-0.15, -0.1) is 0 Å². The maximum Gasteiger partial charge on any atom is 0.262 e. The van der Waals surface area contributed by atoms with E-state index in [4.69, 9.17) is 9.47 Å². The van der Waals surface area contributed by atoms with Crippen molar-refractivity contribution < 1.29 is 35.9 Å². The number of hydrogen-bond donors (Lipinski definition) is 2. The number of methoxy groups -OCH3 is 1. The summed E-state index contributed by atoms with van der Waals surface area (Å²) in [6.07, 6.45) is 0. The lowest BCUT2D eigenvalue weighted by Crippen LogP contribution is -2.21. The highest BCUT2D eigenvalue weighted by molar-refractivity contribution is 7.92. The van der Waals surface area contributed by atoms with Gasteiger partial charge < -0.3 is 14.8 Å². The van der Waals surface area contributed by atoms with Crippen molar-refractivity contribution >= 4 is 27.3 Å². The first-order valence-corrected chi connectivity index (χ1v) is 10.5. The number of ether oxygens (including phenoxy) is 2. The van der Waals surface area contributed by atoms with Crippen LogP contribution in [0.5, 0.6) is 11.5 Å². The van der Waals surface area contributed by atoms with Gasteiger partial charge >= 0.3 is 0 Å². The van der Waals surface area contributed by atoms with Crippen molar-refractivity contribution in [1.29, 1.82) is 0 Å². The van der Waals surface area contributed by atoms with Gasteiger partial charge in [-0.1, -0.05) is 0 Å². The molecule has 32 heavy (non-hydrogen) atoms. The van der Waals surface area contributed by atoms with Crippen molar-refractivity contribution in [1.82, 2.24) is 0 Å². The lowest BCUT2D eigenvalue weighted by Gasteiger charge is -2.11. The van der Waals surface area contributed by atoms with Gasteiger partial charge in [0.25, 0.3) is 15.9 Å². The van der Waals surface area contributed by atoms with E-state index in [1.807, 2.05) is 0 Å². The highest BCUT2D eigenvalue weighted by Crippen LogP contribution is 2.22. The summed E-state index contributed by atoms with van der Waals surface area (Å²) < 4.78 is 77.3. The molecule has 0 heterocycles. The van der Waals surface area contributed by atoms with Gasteiger partial charge in [0.2, 0.25) is 0 Å². The van der Waals surface area contributed by atoms with E-state index in [-0.39, 0.29) is 10.6 Å². The van der Waals surface area contributed by atoms with Gasteiger partial charge in [-0.2, -0.15) is 0 Å². The van der Waals surface area contributed by atoms with Gasteiger partial charge in [-0.3, -0.25) is 9.52 Å². The summed E-state index contributed by atoms with van der Waals surface area (Å²) in [4.78, 5) is 11.8. The molecule has 3 aromatic carbocycles. The molecule has 3 aromatic rings. The topological polar surface area (TPSA) is 93.7 Å². The average Bonchev–Trinajstić information content (AvgIpc) is 2.78. The number of carbonyl (C=O) groups excluding carboxylic acids is 1. The number of halogens is 3. The van der Waals surface area contributed by atoms with Crippen LogP contribution in [-0.2, 0) is 14.8 Å². The van der Waals surface area contributed by atoms with E-state index in [0.717, 1.165) is 6.07 Å². The Morgan fingerprint density at radius 1 is 0.875 bits per heavy atom. The van der Waals surface area contributed by atoms with Crippen LogP contribution in [0.2, 0.25) is 0 Å². The minimum Gasteiger partial charge on any atom is -0.497 e. The number of anilines is 2. The second-order valence-electron chi connectivity index (χ2n) is 6.37. The lowest BCUT2D eigenvalue weighted by atomic mass is 10.3. The second kappa shape index (κ2) is 9.60.